The van der Waals surface area contributed by atoms with E-state index < -0.39 is 23.5 Å². The summed E-state index contributed by atoms with van der Waals surface area (Å²) in [6.45, 7) is 0.739. The summed E-state index contributed by atoms with van der Waals surface area (Å²) in [7, 11) is 0. The van der Waals surface area contributed by atoms with Crippen LogP contribution in [0, 0.1) is 5.41 Å². The molecule has 8 nitrogen and oxygen atoms in total. The summed E-state index contributed by atoms with van der Waals surface area (Å²) in [6, 6.07) is 3.23. The van der Waals surface area contributed by atoms with Crippen LogP contribution in [-0.2, 0) is 4.79 Å². The number of anilines is 1. The third kappa shape index (κ3) is 5.34. The third-order valence-electron chi connectivity index (χ3n) is 5.65. The van der Waals surface area contributed by atoms with Crippen LogP contribution in [0.4, 0.5) is 27.8 Å². The van der Waals surface area contributed by atoms with Gasteiger partial charge in [-0.2, -0.15) is 13.2 Å². The maximum Gasteiger partial charge on any atom is 0.490 e. The van der Waals surface area contributed by atoms with Crippen molar-refractivity contribution in [3.05, 3.63) is 48.7 Å². The van der Waals surface area contributed by atoms with Crippen LogP contribution in [-0.4, -0.2) is 75.1 Å². The van der Waals surface area contributed by atoms with E-state index in [9.17, 15) is 26.7 Å². The summed E-state index contributed by atoms with van der Waals surface area (Å²) in [5.74, 6) is -5.20. The maximum atomic E-state index is 14.9. The molecular formula is C20H20F5N5O3. The Morgan fingerprint density at radius 3 is 2.21 bits per heavy atom. The molecule has 2 saturated heterocycles. The Kier molecular flexibility index (Phi) is 6.79. The minimum atomic E-state index is -5.08. The number of piperidine rings is 1. The van der Waals surface area contributed by atoms with Crippen molar-refractivity contribution in [2.75, 3.05) is 31.1 Å². The molecule has 2 aliphatic heterocycles. The van der Waals surface area contributed by atoms with Crippen molar-refractivity contribution in [1.29, 1.82) is 0 Å². The van der Waals surface area contributed by atoms with Crippen LogP contribution < -0.4 is 4.90 Å². The number of likely N-dealkylation sites (tertiary alicyclic amines) is 1. The lowest BCUT2D eigenvalue weighted by Gasteiger charge is -2.45. The predicted octanol–water partition coefficient (Wildman–Crippen LogP) is 2.88. The highest BCUT2D eigenvalue weighted by Gasteiger charge is 2.60. The summed E-state index contributed by atoms with van der Waals surface area (Å²) in [4.78, 5) is 37.1. The minimum Gasteiger partial charge on any atom is -0.475 e. The van der Waals surface area contributed by atoms with E-state index in [-0.39, 0.29) is 32.0 Å². The zero-order chi connectivity index (χ0) is 24.3. The van der Waals surface area contributed by atoms with Gasteiger partial charge in [-0.3, -0.25) is 14.8 Å². The number of carbonyl (C=O) groups excluding carboxylic acids is 1. The van der Waals surface area contributed by atoms with Crippen LogP contribution >= 0.6 is 0 Å². The van der Waals surface area contributed by atoms with Gasteiger partial charge in [0.05, 0.1) is 11.6 Å². The van der Waals surface area contributed by atoms with Crippen LogP contribution in [0.2, 0.25) is 0 Å². The summed E-state index contributed by atoms with van der Waals surface area (Å²) < 4.78 is 61.5. The molecule has 2 aromatic rings. The summed E-state index contributed by atoms with van der Waals surface area (Å²) in [6.07, 6.45) is 2.67. The second-order valence-corrected chi connectivity index (χ2v) is 7.74. The van der Waals surface area contributed by atoms with Gasteiger partial charge in [-0.15, -0.1) is 0 Å². The molecule has 0 aliphatic carbocycles. The molecule has 178 valence electrons. The van der Waals surface area contributed by atoms with Crippen LogP contribution in [0.3, 0.4) is 0 Å². The van der Waals surface area contributed by atoms with E-state index >= 15 is 0 Å². The zero-order valence-corrected chi connectivity index (χ0v) is 17.2. The van der Waals surface area contributed by atoms with Gasteiger partial charge < -0.3 is 14.9 Å². The van der Waals surface area contributed by atoms with Gasteiger partial charge in [-0.25, -0.2) is 18.6 Å². The average Bonchev–Trinajstić information content (AvgIpc) is 3.22. The van der Waals surface area contributed by atoms with Crippen LogP contribution in [0.25, 0.3) is 0 Å². The van der Waals surface area contributed by atoms with Crippen molar-refractivity contribution in [3.8, 4) is 0 Å². The normalized spacial score (nSPS) is 22.0. The molecule has 0 saturated carbocycles. The fourth-order valence-electron chi connectivity index (χ4n) is 3.90. The lowest BCUT2D eigenvalue weighted by molar-refractivity contribution is -0.192. The molecule has 0 aromatic carbocycles. The lowest BCUT2D eigenvalue weighted by atomic mass is 9.75. The highest BCUT2D eigenvalue weighted by atomic mass is 19.4. The molecule has 0 bridgehead atoms. The van der Waals surface area contributed by atoms with Crippen molar-refractivity contribution < 1.29 is 36.6 Å². The number of alkyl halides is 5. The Bertz CT molecular complexity index is 977. The Morgan fingerprint density at radius 1 is 0.970 bits per heavy atom. The van der Waals surface area contributed by atoms with Gasteiger partial charge in [-0.05, 0) is 18.6 Å². The van der Waals surface area contributed by atoms with E-state index in [1.165, 1.54) is 12.4 Å². The number of hydrogen-bond donors (Lipinski definition) is 1. The van der Waals surface area contributed by atoms with Gasteiger partial charge in [0, 0.05) is 63.0 Å². The van der Waals surface area contributed by atoms with Crippen LogP contribution in [0.5, 0.6) is 0 Å². The highest BCUT2D eigenvalue weighted by molar-refractivity contribution is 5.94. The summed E-state index contributed by atoms with van der Waals surface area (Å²) >= 11 is 0. The summed E-state index contributed by atoms with van der Waals surface area (Å²) in [5.41, 5.74) is -0.782. The van der Waals surface area contributed by atoms with E-state index in [4.69, 9.17) is 9.90 Å². The highest BCUT2D eigenvalue weighted by Crippen LogP contribution is 2.50. The number of carboxylic acid groups (broad SMARTS) is 1. The van der Waals surface area contributed by atoms with Crippen molar-refractivity contribution in [1.82, 2.24) is 19.9 Å². The fourth-order valence-corrected chi connectivity index (χ4v) is 3.90. The molecular weight excluding hydrogens is 453 g/mol. The number of carbonyl (C=O) groups is 2. The van der Waals surface area contributed by atoms with Crippen LogP contribution in [0.15, 0.2) is 43.1 Å². The Balaban J connectivity index is 0.000000383. The second kappa shape index (κ2) is 9.24. The standard InChI is InChI=1S/C18H19F2N5O.C2HF3O2/c19-18(20)4-10-25(16(26)14-1-5-21-6-2-14)13-17(18)3-9-24(12-17)15-11-22-7-8-23-15;3-2(4,5)1(6)7/h1-2,5-8,11H,3-4,9-10,12-13H2;(H,6,7). The van der Waals surface area contributed by atoms with E-state index in [0.717, 1.165) is 0 Å². The monoisotopic (exact) mass is 473 g/mol. The van der Waals surface area contributed by atoms with Crippen LogP contribution in [0.1, 0.15) is 23.2 Å². The van der Waals surface area contributed by atoms with Crippen molar-refractivity contribution >= 4 is 17.7 Å². The van der Waals surface area contributed by atoms with E-state index in [1.807, 2.05) is 4.90 Å². The van der Waals surface area contributed by atoms with Gasteiger partial charge in [0.25, 0.3) is 11.8 Å². The van der Waals surface area contributed by atoms with E-state index in [0.29, 0.717) is 24.3 Å². The number of pyridine rings is 1. The molecule has 2 aromatic heterocycles. The van der Waals surface area contributed by atoms with Gasteiger partial charge in [0.15, 0.2) is 0 Å². The lowest BCUT2D eigenvalue weighted by Crippen LogP contribution is -2.58. The topological polar surface area (TPSA) is 99.5 Å². The largest absolute Gasteiger partial charge is 0.490 e. The molecule has 4 rings (SSSR count). The third-order valence-corrected chi connectivity index (χ3v) is 5.65. The first-order valence-corrected chi connectivity index (χ1v) is 9.83. The van der Waals surface area contributed by atoms with E-state index in [2.05, 4.69) is 15.0 Å². The van der Waals surface area contributed by atoms with Gasteiger partial charge in [0.1, 0.15) is 5.82 Å². The number of aliphatic carboxylic acids is 1. The summed E-state index contributed by atoms with van der Waals surface area (Å²) in [5, 5.41) is 7.12. The quantitative estimate of drug-likeness (QED) is 0.670. The number of halogens is 5. The van der Waals surface area contributed by atoms with Gasteiger partial charge in [0.2, 0.25) is 0 Å². The van der Waals surface area contributed by atoms with Crippen molar-refractivity contribution in [2.45, 2.75) is 24.9 Å². The molecule has 2 fully saturated rings. The predicted molar refractivity (Wildman–Crippen MR) is 105 cm³/mol. The smallest absolute Gasteiger partial charge is 0.475 e. The van der Waals surface area contributed by atoms with Gasteiger partial charge in [-0.1, -0.05) is 0 Å². The van der Waals surface area contributed by atoms with E-state index in [1.54, 1.807) is 35.6 Å². The SMILES string of the molecule is O=C(O)C(F)(F)F.O=C(c1ccncc1)N1CCC(F)(F)C2(CCN(c3cnccn3)C2)C1. The number of nitrogens with zero attached hydrogens (tertiary/aromatic N) is 5. The molecule has 13 heteroatoms. The first-order valence-electron chi connectivity index (χ1n) is 9.83. The minimum absolute atomic E-state index is 0.0396. The Hall–Kier alpha value is -3.38. The number of hydrogen-bond acceptors (Lipinski definition) is 6. The fraction of sp³-hybridized carbons (Fsp3) is 0.450. The molecule has 1 unspecified atom stereocenters. The molecule has 0 radical (unpaired) electrons. The maximum absolute atomic E-state index is 14.9. The molecule has 1 atom stereocenters. The molecule has 1 spiro atoms. The molecule has 4 heterocycles. The first-order chi connectivity index (χ1) is 15.5. The second-order valence-electron chi connectivity index (χ2n) is 7.74. The molecule has 1 amide bonds. The van der Waals surface area contributed by atoms with Crippen molar-refractivity contribution in [3.63, 3.8) is 0 Å². The number of carboxylic acids is 1. The Morgan fingerprint density at radius 2 is 1.64 bits per heavy atom. The Labute approximate surface area is 185 Å². The van der Waals surface area contributed by atoms with Crippen molar-refractivity contribution in [2.24, 2.45) is 5.41 Å². The first kappa shape index (κ1) is 24.3. The molecule has 33 heavy (non-hydrogen) atoms. The average molecular weight is 473 g/mol. The molecule has 1 N–H and O–H groups in total. The number of amides is 1. The number of rotatable bonds is 2. The van der Waals surface area contributed by atoms with Gasteiger partial charge >= 0.3 is 12.1 Å². The molecule has 2 aliphatic rings. The number of aromatic nitrogens is 3. The zero-order valence-electron chi connectivity index (χ0n) is 17.2.